The van der Waals surface area contributed by atoms with Crippen molar-refractivity contribution in [2.45, 2.75) is 261 Å². The minimum absolute atomic E-state index is 0.181. The van der Waals surface area contributed by atoms with E-state index in [4.69, 9.17) is 44.7 Å². The highest BCUT2D eigenvalue weighted by atomic mass is 16.6. The Morgan fingerprint density at radius 3 is 0.747 bits per heavy atom. The molecule has 584 valence electrons. The first-order valence-electron chi connectivity index (χ1n) is 31.5. The van der Waals surface area contributed by atoms with Crippen molar-refractivity contribution in [1.82, 2.24) is 0 Å². The molecule has 0 heterocycles. The maximum absolute atomic E-state index is 10.1. The number of carboxylic acids is 13. The summed E-state index contributed by atoms with van der Waals surface area (Å²) >= 11 is 0. The average molecular weight is 1430 g/mol. The lowest BCUT2D eigenvalue weighted by molar-refractivity contribution is -0.324. The normalized spacial score (nSPS) is 9.17. The number of hydrogen-bond acceptors (Lipinski definition) is 33. The zero-order valence-electron chi connectivity index (χ0n) is 60.2. The molecule has 1 aromatic rings. The van der Waals surface area contributed by atoms with Gasteiger partial charge in [0.15, 0.2) is 0 Å². The van der Waals surface area contributed by atoms with Gasteiger partial charge in [0.05, 0.1) is 54.6 Å². The molecule has 0 aromatic heterocycles. The van der Waals surface area contributed by atoms with E-state index in [0.29, 0.717) is 18.6 Å². The molecule has 0 spiro atoms. The molecule has 0 atom stereocenters. The molecule has 0 aliphatic rings. The van der Waals surface area contributed by atoms with E-state index in [1.807, 2.05) is 6.07 Å². The predicted octanol–water partition coefficient (Wildman–Crippen LogP) is -6.67. The second-order valence-corrected chi connectivity index (χ2v) is 20.6. The molecule has 33 heteroatoms. The third-order valence-electron chi connectivity index (χ3n) is 9.75. The Kier molecular flexibility index (Phi) is 109. The topological polar surface area (TPSA) is 616 Å². The fourth-order valence-corrected chi connectivity index (χ4v) is 4.75. The van der Waals surface area contributed by atoms with E-state index in [0.717, 1.165) is 86.0 Å². The molecule has 2 N–H and O–H groups in total. The van der Waals surface area contributed by atoms with Crippen molar-refractivity contribution in [2.24, 2.45) is 0 Å². The minimum Gasteiger partial charge on any atom is -0.550 e. The lowest BCUT2D eigenvalue weighted by atomic mass is 10.1. The van der Waals surface area contributed by atoms with Gasteiger partial charge in [0.1, 0.15) is 24.6 Å². The van der Waals surface area contributed by atoms with E-state index in [1.165, 1.54) is 98.7 Å². The standard InChI is InChI=1S/C12H24O2.C8H8O3.2C8H16O2.C5H10O3.C4H6O4.C4H8O3.2C4H8O2.C3H6O3.C2H4O3.2C2H4O2/c1-2-3-4-5-6-7-8-9-10-11-12(13)14;9-8(10)6-11-7-4-2-1-3-5-7;2*1-2-3-4-5-6-7-8(9)10;1-5(2,8-3)4(6)7;1-3(5)8-2-4(6)7;1-4(2,7)3(5)6;2*1-2-3-4(5)6;1-6-2-3(4)5;3-1-2(4)5;2*1-2(3)4/h2-11H2,1H3,(H,13,14);1-5H,6H2,(H,9,10);2*2-7H2,1H3,(H,9,10);1-3H3,(H,6,7);2H2,1H3,(H,6,7);7H,1-2H3,(H,5,6);2*2-3H2,1H3,(H,5,6);2H2,1H3,(H,4,5);3H,1H2,(H,4,5);2*1H3,(H,3,4)/p-13. The molecule has 0 amide bonds. The van der Waals surface area contributed by atoms with Crippen LogP contribution in [-0.4, -0.2) is 146 Å². The Labute approximate surface area is 582 Å². The van der Waals surface area contributed by atoms with Crippen molar-refractivity contribution < 1.29 is 163 Å². The lowest BCUT2D eigenvalue weighted by Gasteiger charge is -2.23. The number of carboxylic acid groups (broad SMARTS) is 13. The number of benzene rings is 1. The van der Waals surface area contributed by atoms with Gasteiger partial charge in [-0.05, 0) is 105 Å². The summed E-state index contributed by atoms with van der Waals surface area (Å²) in [5, 5.41) is 140. The summed E-state index contributed by atoms with van der Waals surface area (Å²) in [7, 11) is 2.63. The van der Waals surface area contributed by atoms with Gasteiger partial charge in [-0.15, -0.1) is 0 Å². The van der Waals surface area contributed by atoms with Crippen molar-refractivity contribution >= 4 is 83.6 Å². The molecule has 1 aromatic carbocycles. The Hall–Kier alpha value is -8.56. The molecule has 0 radical (unpaired) electrons. The Bertz CT molecular complexity index is 2040. The molecule has 33 nitrogen and oxygen atoms in total. The van der Waals surface area contributed by atoms with Crippen LogP contribution in [0.5, 0.6) is 5.75 Å². The quantitative estimate of drug-likeness (QED) is 0.0462. The van der Waals surface area contributed by atoms with Crippen molar-refractivity contribution in [1.29, 1.82) is 0 Å². The van der Waals surface area contributed by atoms with Gasteiger partial charge < -0.3 is 158 Å². The van der Waals surface area contributed by atoms with Gasteiger partial charge in [-0.2, -0.15) is 0 Å². The molecule has 0 unspecified atom stereocenters. The van der Waals surface area contributed by atoms with Gasteiger partial charge in [-0.1, -0.05) is 168 Å². The highest BCUT2D eigenvalue weighted by Crippen LogP contribution is 2.11. The highest BCUT2D eigenvalue weighted by molar-refractivity contribution is 5.74. The Balaban J connectivity index is -0.0000000841. The maximum atomic E-state index is 10.1. The molecule has 0 aliphatic carbocycles. The van der Waals surface area contributed by atoms with Gasteiger partial charge in [0, 0.05) is 62.9 Å². The van der Waals surface area contributed by atoms with Gasteiger partial charge in [-0.25, -0.2) is 0 Å². The van der Waals surface area contributed by atoms with Crippen LogP contribution in [0.3, 0.4) is 0 Å². The average Bonchev–Trinajstić information content (AvgIpc) is 1.19. The minimum atomic E-state index is -1.69. The van der Waals surface area contributed by atoms with Crippen LogP contribution in [-0.2, 0) is 81.3 Å². The molecular weight excluding hydrogens is 1320 g/mol. The van der Waals surface area contributed by atoms with E-state index in [-0.39, 0.29) is 38.7 Å². The summed E-state index contributed by atoms with van der Waals surface area (Å²) in [5.41, 5.74) is -2.85. The van der Waals surface area contributed by atoms with Crippen molar-refractivity contribution in [3.63, 3.8) is 0 Å². The summed E-state index contributed by atoms with van der Waals surface area (Å²) in [5.74, 6) is -14.8. The maximum Gasteiger partial charge on any atom is 0.303 e. The largest absolute Gasteiger partial charge is 0.550 e. The predicted molar refractivity (Wildman–Crippen MR) is 330 cm³/mol. The molecule has 0 fully saturated rings. The van der Waals surface area contributed by atoms with Gasteiger partial charge in [0.2, 0.25) is 0 Å². The van der Waals surface area contributed by atoms with Crippen LogP contribution in [0.2, 0.25) is 0 Å². The fraction of sp³-hybridized carbons (Fsp3) is 0.697. The van der Waals surface area contributed by atoms with E-state index in [2.05, 4.69) is 35.0 Å². The Morgan fingerprint density at radius 2 is 0.616 bits per heavy atom. The van der Waals surface area contributed by atoms with Crippen LogP contribution in [0.1, 0.15) is 250 Å². The number of aliphatic hydroxyl groups excluding tert-OH is 1. The monoisotopic (exact) mass is 1430 g/mol. The van der Waals surface area contributed by atoms with E-state index < -0.39 is 115 Å². The van der Waals surface area contributed by atoms with E-state index in [9.17, 15) is 104 Å². The summed E-state index contributed by atoms with van der Waals surface area (Å²) in [4.78, 5) is 134. The number of ether oxygens (including phenoxy) is 4. The summed E-state index contributed by atoms with van der Waals surface area (Å²) in [6.45, 7) is 16.1. The highest BCUT2D eigenvalue weighted by Gasteiger charge is 2.16. The number of aliphatic hydroxyl groups is 2. The second kappa shape index (κ2) is 91.5. The van der Waals surface area contributed by atoms with Gasteiger partial charge in [-0.3, -0.25) is 4.79 Å². The van der Waals surface area contributed by atoms with Crippen LogP contribution in [0.4, 0.5) is 0 Å². The molecule has 0 bridgehead atoms. The first-order valence-corrected chi connectivity index (χ1v) is 31.5. The summed E-state index contributed by atoms with van der Waals surface area (Å²) < 4.78 is 17.5. The zero-order chi connectivity index (χ0) is 80.2. The number of para-hydroxylation sites is 1. The van der Waals surface area contributed by atoms with Crippen LogP contribution in [0.15, 0.2) is 30.3 Å². The molecular formula is C66H109O33-13. The molecule has 1 rings (SSSR count). The van der Waals surface area contributed by atoms with Crippen LogP contribution >= 0.6 is 0 Å². The smallest absolute Gasteiger partial charge is 0.303 e. The van der Waals surface area contributed by atoms with Crippen molar-refractivity contribution in [2.75, 3.05) is 40.6 Å². The number of unbranched alkanes of at least 4 members (excludes halogenated alkanes) is 16. The van der Waals surface area contributed by atoms with Crippen LogP contribution in [0.25, 0.3) is 0 Å². The molecule has 0 aliphatic heterocycles. The fourth-order valence-electron chi connectivity index (χ4n) is 4.75. The van der Waals surface area contributed by atoms with E-state index in [1.54, 1.807) is 38.1 Å². The summed E-state index contributed by atoms with van der Waals surface area (Å²) in [6, 6.07) is 8.73. The number of aliphatic carboxylic acids is 13. The number of esters is 1. The molecule has 0 saturated heterocycles. The third-order valence-corrected chi connectivity index (χ3v) is 9.75. The van der Waals surface area contributed by atoms with Crippen LogP contribution in [0, 0.1) is 0 Å². The first-order chi connectivity index (χ1) is 45.7. The van der Waals surface area contributed by atoms with E-state index >= 15 is 0 Å². The van der Waals surface area contributed by atoms with Gasteiger partial charge >= 0.3 is 5.97 Å². The number of carbonyl (C=O) groups excluding carboxylic acids is 14. The SMILES string of the molecule is CC(=O)OCC(=O)[O-].CC(=O)[O-].CC(=O)[O-].CC(C)(O)C(=O)[O-].CCCC(=O)[O-].CCCC(=O)[O-].CCCCCCCC(=O)[O-].CCCCCCCC(=O)[O-].CCCCCCCCCCCC(=O)[O-].COC(C)(C)C(=O)[O-].COCC(=O)[O-].O=C([O-])CO.O=C([O-])COc1ccccc1. The lowest BCUT2D eigenvalue weighted by Crippen LogP contribution is -2.44. The zero-order valence-corrected chi connectivity index (χ0v) is 60.2. The number of methoxy groups -OCH3 is 2. The second-order valence-electron chi connectivity index (χ2n) is 20.6. The van der Waals surface area contributed by atoms with Crippen molar-refractivity contribution in [3.05, 3.63) is 30.3 Å². The number of rotatable bonds is 37. The first kappa shape index (κ1) is 118. The molecule has 0 saturated carbocycles. The third kappa shape index (κ3) is 187. The van der Waals surface area contributed by atoms with Crippen LogP contribution < -0.4 is 71.1 Å². The van der Waals surface area contributed by atoms with Gasteiger partial charge in [0.25, 0.3) is 0 Å². The summed E-state index contributed by atoms with van der Waals surface area (Å²) in [6.07, 6.45) is 24.1. The van der Waals surface area contributed by atoms with Crippen molar-refractivity contribution in [3.8, 4) is 5.75 Å². The number of hydrogen-bond donors (Lipinski definition) is 2. The molecule has 99 heavy (non-hydrogen) atoms. The Morgan fingerprint density at radius 1 is 0.364 bits per heavy atom. The number of carbonyl (C=O) groups is 14.